The Hall–Kier alpha value is -2.37. The maximum absolute atomic E-state index is 12.7. The molecule has 1 aliphatic heterocycles. The van der Waals surface area contributed by atoms with Gasteiger partial charge in [-0.25, -0.2) is 9.88 Å². The van der Waals surface area contributed by atoms with Crippen LogP contribution in [0, 0.1) is 0 Å². The number of aromatic nitrogens is 2. The zero-order chi connectivity index (χ0) is 15.4. The predicted molar refractivity (Wildman–Crippen MR) is 82.8 cm³/mol. The molecule has 0 aliphatic carbocycles. The van der Waals surface area contributed by atoms with Crippen LogP contribution in [0.25, 0.3) is 5.65 Å². The molecule has 4 rings (SSSR count). The van der Waals surface area contributed by atoms with Crippen molar-refractivity contribution in [2.45, 2.75) is 0 Å². The summed E-state index contributed by atoms with van der Waals surface area (Å²) in [6.45, 7) is 0. The minimum Gasteiger partial charge on any atom is -0.295 e. The lowest BCUT2D eigenvalue weighted by Gasteiger charge is -2.16. The molecule has 2 amide bonds. The first-order valence-electron chi connectivity index (χ1n) is 6.39. The van der Waals surface area contributed by atoms with E-state index in [4.69, 9.17) is 23.2 Å². The third kappa shape index (κ3) is 1.70. The van der Waals surface area contributed by atoms with E-state index in [1.807, 2.05) is 0 Å². The number of imidazole rings is 1. The highest BCUT2D eigenvalue weighted by atomic mass is 35.5. The lowest BCUT2D eigenvalue weighted by molar-refractivity contribution is 0.0922. The summed E-state index contributed by atoms with van der Waals surface area (Å²) in [5, 5.41) is 0.655. The second-order valence-electron chi connectivity index (χ2n) is 4.78. The Morgan fingerprint density at radius 3 is 2.64 bits per heavy atom. The first-order chi connectivity index (χ1) is 10.6. The molecule has 3 aromatic rings. The Balaban J connectivity index is 1.93. The summed E-state index contributed by atoms with van der Waals surface area (Å²) >= 11 is 12.0. The molecule has 0 spiro atoms. The van der Waals surface area contributed by atoms with Crippen molar-refractivity contribution in [3.63, 3.8) is 0 Å². The van der Waals surface area contributed by atoms with E-state index in [0.29, 0.717) is 10.7 Å². The molecule has 5 nitrogen and oxygen atoms in total. The van der Waals surface area contributed by atoms with Crippen molar-refractivity contribution < 1.29 is 9.59 Å². The monoisotopic (exact) mass is 331 g/mol. The summed E-state index contributed by atoms with van der Waals surface area (Å²) in [6.07, 6.45) is 1.69. The standard InChI is InChI=1S/C15H7Cl2N3O2/c16-8-4-5-9(17)10(7-8)20-14(21)12-13(15(20)22)19-6-2-1-3-11(19)18-12/h1-7H. The maximum atomic E-state index is 12.7. The van der Waals surface area contributed by atoms with Gasteiger partial charge in [0.15, 0.2) is 5.69 Å². The van der Waals surface area contributed by atoms with Gasteiger partial charge < -0.3 is 0 Å². The van der Waals surface area contributed by atoms with E-state index in [2.05, 4.69) is 4.98 Å². The van der Waals surface area contributed by atoms with E-state index in [9.17, 15) is 9.59 Å². The molecule has 0 unspecified atom stereocenters. The van der Waals surface area contributed by atoms with Crippen molar-refractivity contribution in [2.24, 2.45) is 0 Å². The zero-order valence-electron chi connectivity index (χ0n) is 11.0. The third-order valence-electron chi connectivity index (χ3n) is 3.49. The summed E-state index contributed by atoms with van der Waals surface area (Å²) < 4.78 is 1.59. The number of rotatable bonds is 1. The van der Waals surface area contributed by atoms with Crippen LogP contribution < -0.4 is 4.90 Å². The van der Waals surface area contributed by atoms with Gasteiger partial charge >= 0.3 is 0 Å². The Kier molecular flexibility index (Phi) is 2.76. The molecule has 0 fully saturated rings. The van der Waals surface area contributed by atoms with Crippen LogP contribution in [0.1, 0.15) is 21.0 Å². The van der Waals surface area contributed by atoms with Gasteiger partial charge in [-0.2, -0.15) is 0 Å². The number of carbonyl (C=O) groups is 2. The van der Waals surface area contributed by atoms with Crippen molar-refractivity contribution in [3.05, 3.63) is 64.0 Å². The molecule has 1 aliphatic rings. The maximum Gasteiger partial charge on any atom is 0.286 e. The fourth-order valence-electron chi connectivity index (χ4n) is 2.53. The number of halogens is 2. The normalized spacial score (nSPS) is 14.0. The molecule has 0 saturated heterocycles. The topological polar surface area (TPSA) is 54.7 Å². The molecular weight excluding hydrogens is 325 g/mol. The Labute approximate surface area is 134 Å². The number of fused-ring (bicyclic) bond motifs is 3. The van der Waals surface area contributed by atoms with Gasteiger partial charge in [0, 0.05) is 11.2 Å². The SMILES string of the molecule is O=C1c2nc3ccccn3c2C(=O)N1c1cc(Cl)ccc1Cl. The average Bonchev–Trinajstić information content (AvgIpc) is 2.99. The van der Waals surface area contributed by atoms with E-state index in [-0.39, 0.29) is 22.1 Å². The number of anilines is 1. The van der Waals surface area contributed by atoms with E-state index in [0.717, 1.165) is 4.90 Å². The Morgan fingerprint density at radius 2 is 1.82 bits per heavy atom. The van der Waals surface area contributed by atoms with E-state index in [1.165, 1.54) is 6.07 Å². The van der Waals surface area contributed by atoms with Crippen LogP contribution in [0.4, 0.5) is 5.69 Å². The van der Waals surface area contributed by atoms with Gasteiger partial charge in [-0.05, 0) is 30.3 Å². The van der Waals surface area contributed by atoms with E-state index in [1.54, 1.807) is 40.9 Å². The molecule has 0 radical (unpaired) electrons. The number of hydrogen-bond acceptors (Lipinski definition) is 3. The van der Waals surface area contributed by atoms with Gasteiger partial charge in [0.2, 0.25) is 0 Å². The van der Waals surface area contributed by atoms with Gasteiger partial charge in [0.05, 0.1) is 10.7 Å². The highest BCUT2D eigenvalue weighted by Crippen LogP contribution is 2.35. The largest absolute Gasteiger partial charge is 0.295 e. The molecule has 3 heterocycles. The van der Waals surface area contributed by atoms with Crippen LogP contribution in [0.15, 0.2) is 42.6 Å². The fourth-order valence-corrected chi connectivity index (χ4v) is 2.90. The molecule has 2 aromatic heterocycles. The molecule has 108 valence electrons. The number of pyridine rings is 1. The summed E-state index contributed by atoms with van der Waals surface area (Å²) in [6, 6.07) is 9.91. The lowest BCUT2D eigenvalue weighted by Crippen LogP contribution is -2.30. The van der Waals surface area contributed by atoms with Crippen LogP contribution in [-0.2, 0) is 0 Å². The summed E-state index contributed by atoms with van der Waals surface area (Å²) in [5.41, 5.74) is 1.15. The lowest BCUT2D eigenvalue weighted by atomic mass is 10.3. The Bertz CT molecular complexity index is 965. The van der Waals surface area contributed by atoms with Crippen LogP contribution in [0.5, 0.6) is 0 Å². The van der Waals surface area contributed by atoms with Crippen LogP contribution in [0.2, 0.25) is 10.0 Å². The van der Waals surface area contributed by atoms with Crippen LogP contribution >= 0.6 is 23.2 Å². The second-order valence-corrected chi connectivity index (χ2v) is 5.62. The molecule has 0 bridgehead atoms. The van der Waals surface area contributed by atoms with Gasteiger partial charge in [-0.1, -0.05) is 29.3 Å². The van der Waals surface area contributed by atoms with E-state index < -0.39 is 11.8 Å². The quantitative estimate of drug-likeness (QED) is 0.642. The number of imide groups is 1. The number of carbonyl (C=O) groups excluding carboxylic acids is 2. The number of nitrogens with zero attached hydrogens (tertiary/aromatic N) is 3. The first-order valence-corrected chi connectivity index (χ1v) is 7.14. The minimum atomic E-state index is -0.507. The third-order valence-corrected chi connectivity index (χ3v) is 4.05. The van der Waals surface area contributed by atoms with E-state index >= 15 is 0 Å². The van der Waals surface area contributed by atoms with Crippen molar-refractivity contribution in [1.29, 1.82) is 0 Å². The summed E-state index contributed by atoms with van der Waals surface area (Å²) in [4.78, 5) is 30.5. The molecular formula is C15H7Cl2N3O2. The predicted octanol–water partition coefficient (Wildman–Crippen LogP) is 3.44. The minimum absolute atomic E-state index is 0.118. The van der Waals surface area contributed by atoms with Crippen molar-refractivity contribution >= 4 is 46.4 Å². The highest BCUT2D eigenvalue weighted by Gasteiger charge is 2.42. The molecule has 22 heavy (non-hydrogen) atoms. The van der Waals surface area contributed by atoms with Crippen molar-refractivity contribution in [3.8, 4) is 0 Å². The fraction of sp³-hybridized carbons (Fsp3) is 0. The zero-order valence-corrected chi connectivity index (χ0v) is 12.5. The summed E-state index contributed by atoms with van der Waals surface area (Å²) in [7, 11) is 0. The van der Waals surface area contributed by atoms with Crippen molar-refractivity contribution in [2.75, 3.05) is 4.90 Å². The van der Waals surface area contributed by atoms with Crippen molar-refractivity contribution in [1.82, 2.24) is 9.38 Å². The molecule has 0 atom stereocenters. The highest BCUT2D eigenvalue weighted by molar-refractivity contribution is 6.40. The number of hydrogen-bond donors (Lipinski definition) is 0. The van der Waals surface area contributed by atoms with Gasteiger partial charge in [-0.3, -0.25) is 14.0 Å². The molecule has 7 heteroatoms. The number of amides is 2. The van der Waals surface area contributed by atoms with Gasteiger partial charge in [0.25, 0.3) is 11.8 Å². The van der Waals surface area contributed by atoms with Gasteiger partial charge in [-0.15, -0.1) is 0 Å². The second kappa shape index (κ2) is 4.56. The molecule has 1 aromatic carbocycles. The molecule has 0 N–H and O–H groups in total. The van der Waals surface area contributed by atoms with Crippen LogP contribution in [-0.4, -0.2) is 21.2 Å². The Morgan fingerprint density at radius 1 is 1.00 bits per heavy atom. The van der Waals surface area contributed by atoms with Crippen LogP contribution in [0.3, 0.4) is 0 Å². The average molecular weight is 332 g/mol. The smallest absolute Gasteiger partial charge is 0.286 e. The van der Waals surface area contributed by atoms with Gasteiger partial charge in [0.1, 0.15) is 11.3 Å². The molecule has 0 saturated carbocycles. The summed E-state index contributed by atoms with van der Waals surface area (Å²) in [5.74, 6) is -0.976. The number of benzene rings is 1. The first kappa shape index (κ1) is 13.3.